The summed E-state index contributed by atoms with van der Waals surface area (Å²) in [6, 6.07) is 5.23. The van der Waals surface area contributed by atoms with E-state index in [-0.39, 0.29) is 11.7 Å². The maximum Gasteiger partial charge on any atom is 0.224 e. The first-order chi connectivity index (χ1) is 7.63. The number of rotatable bonds is 5. The Hall–Kier alpha value is -1.51. The molecule has 1 aromatic rings. The van der Waals surface area contributed by atoms with Crippen molar-refractivity contribution in [3.8, 4) is 5.75 Å². The summed E-state index contributed by atoms with van der Waals surface area (Å²) in [5, 5.41) is 12.3. The number of phenolic OH excluding ortho intramolecular Hbond substituents is 1. The number of benzene rings is 1. The number of aromatic hydroxyl groups is 1. The van der Waals surface area contributed by atoms with Crippen molar-refractivity contribution < 1.29 is 9.90 Å². The topological polar surface area (TPSA) is 49.3 Å². The molecule has 0 saturated heterocycles. The summed E-state index contributed by atoms with van der Waals surface area (Å²) >= 11 is 0. The number of phenols is 1. The van der Waals surface area contributed by atoms with Gasteiger partial charge in [0.25, 0.3) is 0 Å². The number of hydrogen-bond acceptors (Lipinski definition) is 2. The average Bonchev–Trinajstić information content (AvgIpc) is 2.23. The molecular formula is C13H19NO2. The van der Waals surface area contributed by atoms with Gasteiger partial charge in [0.05, 0.1) is 5.69 Å². The summed E-state index contributed by atoms with van der Waals surface area (Å²) in [4.78, 5) is 11.5. The maximum atomic E-state index is 11.5. The molecule has 0 unspecified atom stereocenters. The first-order valence-corrected chi connectivity index (χ1v) is 5.73. The van der Waals surface area contributed by atoms with Crippen LogP contribution in [0.15, 0.2) is 18.2 Å². The first kappa shape index (κ1) is 12.6. The van der Waals surface area contributed by atoms with Crippen LogP contribution >= 0.6 is 0 Å². The van der Waals surface area contributed by atoms with Crippen molar-refractivity contribution in [2.45, 2.75) is 39.5 Å². The Morgan fingerprint density at radius 1 is 1.38 bits per heavy atom. The summed E-state index contributed by atoms with van der Waals surface area (Å²) in [6.07, 6.45) is 3.58. The number of carbonyl (C=O) groups is 1. The number of nitrogens with one attached hydrogen (secondary N) is 1. The number of aryl methyl sites for hydroxylation is 1. The molecule has 0 heterocycles. The molecule has 2 N–H and O–H groups in total. The number of unbranched alkanes of at least 4 members (excludes halogenated alkanes) is 2. The molecule has 3 nitrogen and oxygen atoms in total. The van der Waals surface area contributed by atoms with E-state index in [0.29, 0.717) is 12.1 Å². The van der Waals surface area contributed by atoms with Crippen LogP contribution in [0.3, 0.4) is 0 Å². The van der Waals surface area contributed by atoms with Crippen LogP contribution in [-0.2, 0) is 4.79 Å². The van der Waals surface area contributed by atoms with Crippen molar-refractivity contribution in [2.24, 2.45) is 0 Å². The summed E-state index contributed by atoms with van der Waals surface area (Å²) in [6.45, 7) is 4.00. The van der Waals surface area contributed by atoms with E-state index in [1.165, 1.54) is 0 Å². The second-order valence-corrected chi connectivity index (χ2v) is 4.03. The molecular weight excluding hydrogens is 202 g/mol. The lowest BCUT2D eigenvalue weighted by atomic mass is 10.2. The molecule has 0 aliphatic heterocycles. The van der Waals surface area contributed by atoms with Gasteiger partial charge in [-0.05, 0) is 31.0 Å². The maximum absolute atomic E-state index is 11.5. The average molecular weight is 221 g/mol. The minimum Gasteiger partial charge on any atom is -0.506 e. The third kappa shape index (κ3) is 3.93. The van der Waals surface area contributed by atoms with Crippen LogP contribution in [0.1, 0.15) is 38.2 Å². The summed E-state index contributed by atoms with van der Waals surface area (Å²) in [7, 11) is 0. The van der Waals surface area contributed by atoms with Gasteiger partial charge in [-0.25, -0.2) is 0 Å². The van der Waals surface area contributed by atoms with Gasteiger partial charge < -0.3 is 10.4 Å². The fourth-order valence-corrected chi connectivity index (χ4v) is 1.50. The molecule has 0 aliphatic carbocycles. The van der Waals surface area contributed by atoms with Gasteiger partial charge in [0, 0.05) is 6.42 Å². The Kier molecular flexibility index (Phi) is 4.83. The highest BCUT2D eigenvalue weighted by Crippen LogP contribution is 2.24. The van der Waals surface area contributed by atoms with E-state index >= 15 is 0 Å². The molecule has 0 aliphatic rings. The SMILES string of the molecule is CCCCCC(=O)Nc1ccc(C)cc1O. The zero-order valence-electron chi connectivity index (χ0n) is 9.92. The van der Waals surface area contributed by atoms with Gasteiger partial charge in [-0.3, -0.25) is 4.79 Å². The standard InChI is InChI=1S/C13H19NO2/c1-3-4-5-6-13(16)14-11-8-7-10(2)9-12(11)15/h7-9,15H,3-6H2,1-2H3,(H,14,16). The molecule has 1 rings (SSSR count). The van der Waals surface area contributed by atoms with Gasteiger partial charge in [-0.15, -0.1) is 0 Å². The highest BCUT2D eigenvalue weighted by atomic mass is 16.3. The minimum atomic E-state index is -0.0346. The molecule has 0 fully saturated rings. The summed E-state index contributed by atoms with van der Waals surface area (Å²) in [5.41, 5.74) is 1.47. The molecule has 0 aromatic heterocycles. The summed E-state index contributed by atoms with van der Waals surface area (Å²) in [5.74, 6) is 0.0939. The van der Waals surface area contributed by atoms with Gasteiger partial charge >= 0.3 is 0 Å². The molecule has 0 atom stereocenters. The van der Waals surface area contributed by atoms with Crippen molar-refractivity contribution in [2.75, 3.05) is 5.32 Å². The van der Waals surface area contributed by atoms with Crippen LogP contribution in [0.2, 0.25) is 0 Å². The van der Waals surface area contributed by atoms with Crippen LogP contribution in [0.4, 0.5) is 5.69 Å². The Balaban J connectivity index is 2.49. The Labute approximate surface area is 96.5 Å². The van der Waals surface area contributed by atoms with E-state index in [2.05, 4.69) is 12.2 Å². The molecule has 1 amide bonds. The Morgan fingerprint density at radius 3 is 2.75 bits per heavy atom. The second kappa shape index (κ2) is 6.16. The van der Waals surface area contributed by atoms with E-state index in [9.17, 15) is 9.90 Å². The zero-order chi connectivity index (χ0) is 12.0. The fourth-order valence-electron chi connectivity index (χ4n) is 1.50. The smallest absolute Gasteiger partial charge is 0.224 e. The fraction of sp³-hybridized carbons (Fsp3) is 0.462. The number of carbonyl (C=O) groups excluding carboxylic acids is 1. The van der Waals surface area contributed by atoms with E-state index in [4.69, 9.17) is 0 Å². The minimum absolute atomic E-state index is 0.0346. The zero-order valence-corrected chi connectivity index (χ0v) is 9.92. The normalized spacial score (nSPS) is 10.1. The second-order valence-electron chi connectivity index (χ2n) is 4.03. The third-order valence-electron chi connectivity index (χ3n) is 2.43. The van der Waals surface area contributed by atoms with Crippen molar-refractivity contribution in [3.63, 3.8) is 0 Å². The van der Waals surface area contributed by atoms with Gasteiger partial charge in [0.1, 0.15) is 5.75 Å². The van der Waals surface area contributed by atoms with E-state index < -0.39 is 0 Å². The van der Waals surface area contributed by atoms with Crippen molar-refractivity contribution >= 4 is 11.6 Å². The monoisotopic (exact) mass is 221 g/mol. The predicted molar refractivity (Wildman–Crippen MR) is 65.6 cm³/mol. The van der Waals surface area contributed by atoms with Crippen LogP contribution in [0.5, 0.6) is 5.75 Å². The van der Waals surface area contributed by atoms with Crippen molar-refractivity contribution in [1.82, 2.24) is 0 Å². The van der Waals surface area contributed by atoms with Crippen molar-refractivity contribution in [1.29, 1.82) is 0 Å². The van der Waals surface area contributed by atoms with Crippen LogP contribution in [-0.4, -0.2) is 11.0 Å². The van der Waals surface area contributed by atoms with E-state index in [0.717, 1.165) is 24.8 Å². The Bertz CT molecular complexity index is 361. The summed E-state index contributed by atoms with van der Waals surface area (Å²) < 4.78 is 0. The van der Waals surface area contributed by atoms with Gasteiger partial charge in [0.2, 0.25) is 5.91 Å². The lowest BCUT2D eigenvalue weighted by Gasteiger charge is -2.07. The van der Waals surface area contributed by atoms with Gasteiger partial charge in [-0.2, -0.15) is 0 Å². The lowest BCUT2D eigenvalue weighted by molar-refractivity contribution is -0.116. The Morgan fingerprint density at radius 2 is 2.12 bits per heavy atom. The third-order valence-corrected chi connectivity index (χ3v) is 2.43. The van der Waals surface area contributed by atoms with Gasteiger partial charge in [-0.1, -0.05) is 25.8 Å². The highest BCUT2D eigenvalue weighted by Gasteiger charge is 2.05. The largest absolute Gasteiger partial charge is 0.506 e. The molecule has 0 saturated carbocycles. The van der Waals surface area contributed by atoms with E-state index in [1.807, 2.05) is 13.0 Å². The first-order valence-electron chi connectivity index (χ1n) is 5.73. The number of anilines is 1. The number of amides is 1. The quantitative estimate of drug-likeness (QED) is 0.592. The molecule has 0 bridgehead atoms. The van der Waals surface area contributed by atoms with Crippen LogP contribution < -0.4 is 5.32 Å². The van der Waals surface area contributed by atoms with Crippen LogP contribution in [0, 0.1) is 6.92 Å². The lowest BCUT2D eigenvalue weighted by Crippen LogP contribution is -2.11. The molecule has 1 aromatic carbocycles. The molecule has 3 heteroatoms. The highest BCUT2D eigenvalue weighted by molar-refractivity contribution is 5.92. The van der Waals surface area contributed by atoms with Crippen LogP contribution in [0.25, 0.3) is 0 Å². The molecule has 0 radical (unpaired) electrons. The molecule has 88 valence electrons. The number of hydrogen-bond donors (Lipinski definition) is 2. The molecule has 0 spiro atoms. The van der Waals surface area contributed by atoms with Crippen molar-refractivity contribution in [3.05, 3.63) is 23.8 Å². The van der Waals surface area contributed by atoms with E-state index in [1.54, 1.807) is 12.1 Å². The van der Waals surface area contributed by atoms with Gasteiger partial charge in [0.15, 0.2) is 0 Å². The predicted octanol–water partition coefficient (Wildman–Crippen LogP) is 3.22. The molecule has 16 heavy (non-hydrogen) atoms.